The zero-order valence-corrected chi connectivity index (χ0v) is 9.05. The molecule has 0 saturated carbocycles. The topological polar surface area (TPSA) is 73.8 Å². The summed E-state index contributed by atoms with van der Waals surface area (Å²) >= 11 is 5.91. The molecule has 1 heterocycles. The van der Waals surface area contributed by atoms with Gasteiger partial charge in [-0.05, 0) is 5.56 Å². The molecule has 0 saturated heterocycles. The van der Waals surface area contributed by atoms with E-state index in [1.54, 1.807) is 0 Å². The van der Waals surface area contributed by atoms with Gasteiger partial charge in [-0.2, -0.15) is 0 Å². The Kier molecular flexibility index (Phi) is 2.87. The Labute approximate surface area is 96.8 Å². The van der Waals surface area contributed by atoms with E-state index in [4.69, 9.17) is 17.3 Å². The van der Waals surface area contributed by atoms with Gasteiger partial charge in [0, 0.05) is 0 Å². The molecule has 2 rings (SSSR count). The molecule has 82 valence electrons. The summed E-state index contributed by atoms with van der Waals surface area (Å²) in [6.45, 7) is 0.458. The zero-order valence-electron chi connectivity index (χ0n) is 8.30. The van der Waals surface area contributed by atoms with Crippen LogP contribution in [-0.2, 0) is 6.54 Å². The van der Waals surface area contributed by atoms with Gasteiger partial charge in [-0.1, -0.05) is 47.1 Å². The number of hydrogen-bond donors (Lipinski definition) is 1. The molecule has 1 amide bonds. The minimum Gasteiger partial charge on any atom is -0.364 e. The molecule has 0 atom stereocenters. The van der Waals surface area contributed by atoms with E-state index in [9.17, 15) is 4.79 Å². The fourth-order valence-electron chi connectivity index (χ4n) is 1.31. The van der Waals surface area contributed by atoms with Crippen molar-refractivity contribution in [2.24, 2.45) is 5.73 Å². The quantitative estimate of drug-likeness (QED) is 0.867. The molecular formula is C10H9ClN4O. The first-order valence-electron chi connectivity index (χ1n) is 4.61. The second kappa shape index (κ2) is 4.32. The van der Waals surface area contributed by atoms with Crippen molar-refractivity contribution in [1.82, 2.24) is 15.0 Å². The maximum Gasteiger partial charge on any atom is 0.272 e. The van der Waals surface area contributed by atoms with Crippen molar-refractivity contribution < 1.29 is 4.79 Å². The van der Waals surface area contributed by atoms with Gasteiger partial charge in [0.25, 0.3) is 5.91 Å². The first kappa shape index (κ1) is 10.6. The summed E-state index contributed by atoms with van der Waals surface area (Å²) < 4.78 is 1.43. The van der Waals surface area contributed by atoms with Gasteiger partial charge in [0.15, 0.2) is 10.8 Å². The highest BCUT2D eigenvalue weighted by atomic mass is 35.5. The van der Waals surface area contributed by atoms with Crippen LogP contribution in [0.1, 0.15) is 16.1 Å². The number of aromatic nitrogens is 3. The third-order valence-electron chi connectivity index (χ3n) is 2.08. The Morgan fingerprint density at radius 3 is 2.62 bits per heavy atom. The van der Waals surface area contributed by atoms with Gasteiger partial charge in [0.1, 0.15) is 0 Å². The number of nitrogens with zero attached hydrogens (tertiary/aromatic N) is 3. The van der Waals surface area contributed by atoms with Crippen LogP contribution < -0.4 is 5.73 Å². The fourth-order valence-corrected chi connectivity index (χ4v) is 1.53. The summed E-state index contributed by atoms with van der Waals surface area (Å²) in [5.74, 6) is -0.677. The number of carbonyl (C=O) groups is 1. The smallest absolute Gasteiger partial charge is 0.272 e. The van der Waals surface area contributed by atoms with E-state index in [0.29, 0.717) is 6.54 Å². The maximum atomic E-state index is 10.9. The van der Waals surface area contributed by atoms with Crippen molar-refractivity contribution in [1.29, 1.82) is 0 Å². The minimum atomic E-state index is -0.677. The highest BCUT2D eigenvalue weighted by Crippen LogP contribution is 2.13. The van der Waals surface area contributed by atoms with Crippen LogP contribution in [-0.4, -0.2) is 20.9 Å². The lowest BCUT2D eigenvalue weighted by Gasteiger charge is -2.01. The number of hydrogen-bond acceptors (Lipinski definition) is 3. The van der Waals surface area contributed by atoms with Crippen molar-refractivity contribution in [3.8, 4) is 0 Å². The molecule has 2 aromatic rings. The summed E-state index contributed by atoms with van der Waals surface area (Å²) in [4.78, 5) is 10.9. The Morgan fingerprint density at radius 1 is 1.38 bits per heavy atom. The lowest BCUT2D eigenvalue weighted by Crippen LogP contribution is -2.12. The number of benzene rings is 1. The van der Waals surface area contributed by atoms with Crippen molar-refractivity contribution in [2.45, 2.75) is 6.54 Å². The van der Waals surface area contributed by atoms with Gasteiger partial charge < -0.3 is 5.73 Å². The number of nitrogens with two attached hydrogens (primary N) is 1. The Morgan fingerprint density at radius 2 is 2.06 bits per heavy atom. The molecule has 0 aliphatic heterocycles. The fraction of sp³-hybridized carbons (Fsp3) is 0.100. The lowest BCUT2D eigenvalue weighted by molar-refractivity contribution is 0.0995. The Hall–Kier alpha value is -1.88. The van der Waals surface area contributed by atoms with Crippen LogP contribution in [0.25, 0.3) is 0 Å². The molecule has 0 spiro atoms. The summed E-state index contributed by atoms with van der Waals surface area (Å²) in [5.41, 5.74) is 6.10. The molecule has 1 aromatic carbocycles. The van der Waals surface area contributed by atoms with Crippen molar-refractivity contribution >= 4 is 17.5 Å². The first-order valence-corrected chi connectivity index (χ1v) is 4.99. The van der Waals surface area contributed by atoms with Gasteiger partial charge in [0.05, 0.1) is 6.54 Å². The van der Waals surface area contributed by atoms with Crippen LogP contribution in [0.15, 0.2) is 30.3 Å². The number of amides is 1. The molecule has 0 aliphatic carbocycles. The number of carbonyl (C=O) groups excluding carboxylic acids is 1. The molecule has 0 radical (unpaired) electrons. The molecule has 0 unspecified atom stereocenters. The summed E-state index contributed by atoms with van der Waals surface area (Å²) in [7, 11) is 0. The largest absolute Gasteiger partial charge is 0.364 e. The average molecular weight is 237 g/mol. The van der Waals surface area contributed by atoms with Crippen LogP contribution in [0.4, 0.5) is 0 Å². The predicted molar refractivity (Wildman–Crippen MR) is 59.1 cm³/mol. The monoisotopic (exact) mass is 236 g/mol. The summed E-state index contributed by atoms with van der Waals surface area (Å²) in [6.07, 6.45) is 0. The van der Waals surface area contributed by atoms with Crippen molar-refractivity contribution in [3.63, 3.8) is 0 Å². The SMILES string of the molecule is NC(=O)c1nnn(Cc2ccccc2)c1Cl. The maximum absolute atomic E-state index is 10.9. The first-order chi connectivity index (χ1) is 7.68. The molecule has 5 nitrogen and oxygen atoms in total. The van der Waals surface area contributed by atoms with Crippen LogP contribution in [0, 0.1) is 0 Å². The number of primary amides is 1. The molecule has 0 fully saturated rings. The van der Waals surface area contributed by atoms with E-state index in [-0.39, 0.29) is 10.8 Å². The predicted octanol–water partition coefficient (Wildman–Crippen LogP) is 1.08. The highest BCUT2D eigenvalue weighted by Gasteiger charge is 2.15. The molecule has 2 N–H and O–H groups in total. The number of halogens is 1. The minimum absolute atomic E-state index is 0.00222. The molecule has 16 heavy (non-hydrogen) atoms. The van der Waals surface area contributed by atoms with E-state index in [2.05, 4.69) is 10.3 Å². The van der Waals surface area contributed by atoms with Gasteiger partial charge in [-0.15, -0.1) is 5.10 Å². The van der Waals surface area contributed by atoms with E-state index < -0.39 is 5.91 Å². The van der Waals surface area contributed by atoms with Gasteiger partial charge >= 0.3 is 0 Å². The third kappa shape index (κ3) is 2.04. The molecule has 0 bridgehead atoms. The lowest BCUT2D eigenvalue weighted by atomic mass is 10.2. The molecule has 6 heteroatoms. The second-order valence-corrected chi connectivity index (χ2v) is 3.59. The average Bonchev–Trinajstić information content (AvgIpc) is 2.62. The van der Waals surface area contributed by atoms with Crippen LogP contribution in [0.3, 0.4) is 0 Å². The second-order valence-electron chi connectivity index (χ2n) is 3.24. The standard InChI is InChI=1S/C10H9ClN4O/c11-9-8(10(12)16)13-14-15(9)6-7-4-2-1-3-5-7/h1-5H,6H2,(H2,12,16). The molecular weight excluding hydrogens is 228 g/mol. The summed E-state index contributed by atoms with van der Waals surface area (Å²) in [6, 6.07) is 9.61. The van der Waals surface area contributed by atoms with Gasteiger partial charge in [0.2, 0.25) is 0 Å². The Bertz CT molecular complexity index is 509. The van der Waals surface area contributed by atoms with E-state index in [1.807, 2.05) is 30.3 Å². The molecule has 0 aliphatic rings. The van der Waals surface area contributed by atoms with E-state index in [0.717, 1.165) is 5.56 Å². The van der Waals surface area contributed by atoms with Crippen LogP contribution in [0.2, 0.25) is 5.15 Å². The summed E-state index contributed by atoms with van der Waals surface area (Å²) in [5, 5.41) is 7.55. The van der Waals surface area contributed by atoms with Crippen molar-refractivity contribution in [3.05, 3.63) is 46.7 Å². The van der Waals surface area contributed by atoms with E-state index in [1.165, 1.54) is 4.68 Å². The molecule has 1 aromatic heterocycles. The number of rotatable bonds is 3. The van der Waals surface area contributed by atoms with Gasteiger partial charge in [-0.25, -0.2) is 4.68 Å². The van der Waals surface area contributed by atoms with Crippen LogP contribution >= 0.6 is 11.6 Å². The van der Waals surface area contributed by atoms with Crippen LogP contribution in [0.5, 0.6) is 0 Å². The van der Waals surface area contributed by atoms with Gasteiger partial charge in [-0.3, -0.25) is 4.79 Å². The zero-order chi connectivity index (χ0) is 11.5. The normalized spacial score (nSPS) is 10.3. The Balaban J connectivity index is 2.26. The highest BCUT2D eigenvalue weighted by molar-refractivity contribution is 6.32. The van der Waals surface area contributed by atoms with Crippen molar-refractivity contribution in [2.75, 3.05) is 0 Å². The van der Waals surface area contributed by atoms with E-state index >= 15 is 0 Å². The third-order valence-corrected chi connectivity index (χ3v) is 2.46.